The molecular formula is C15H20ClF4N3O. The van der Waals surface area contributed by atoms with Crippen LogP contribution < -0.4 is 5.73 Å². The molecule has 1 aliphatic rings. The van der Waals surface area contributed by atoms with Gasteiger partial charge in [-0.05, 0) is 17.7 Å². The molecule has 0 radical (unpaired) electrons. The first-order valence-corrected chi connectivity index (χ1v) is 7.30. The summed E-state index contributed by atoms with van der Waals surface area (Å²) in [6.07, 6.45) is -3.68. The second-order valence-corrected chi connectivity index (χ2v) is 5.53. The van der Waals surface area contributed by atoms with E-state index < -0.39 is 18.9 Å². The monoisotopic (exact) mass is 369 g/mol. The van der Waals surface area contributed by atoms with Crippen LogP contribution in [0.25, 0.3) is 0 Å². The Morgan fingerprint density at radius 3 is 2.12 bits per heavy atom. The first-order valence-electron chi connectivity index (χ1n) is 7.30. The van der Waals surface area contributed by atoms with Crippen LogP contribution >= 0.6 is 12.4 Å². The number of nitrogens with two attached hydrogens (primary N) is 1. The highest BCUT2D eigenvalue weighted by molar-refractivity contribution is 5.94. The number of carbonyl (C=O) groups excluding carboxylic acids is 1. The third-order valence-corrected chi connectivity index (χ3v) is 3.85. The van der Waals surface area contributed by atoms with Gasteiger partial charge in [0.2, 0.25) is 0 Å². The molecule has 9 heteroatoms. The maximum atomic E-state index is 13.0. The van der Waals surface area contributed by atoms with Gasteiger partial charge in [0.25, 0.3) is 5.91 Å². The largest absolute Gasteiger partial charge is 0.336 e. The highest BCUT2D eigenvalue weighted by Gasteiger charge is 2.42. The highest BCUT2D eigenvalue weighted by Crippen LogP contribution is 2.24. The zero-order chi connectivity index (χ0) is 17.0. The molecule has 1 aliphatic heterocycles. The van der Waals surface area contributed by atoms with Crippen molar-refractivity contribution in [3.8, 4) is 0 Å². The van der Waals surface area contributed by atoms with Gasteiger partial charge in [-0.15, -0.1) is 12.4 Å². The van der Waals surface area contributed by atoms with Gasteiger partial charge in [-0.3, -0.25) is 9.69 Å². The van der Waals surface area contributed by atoms with Crippen molar-refractivity contribution in [3.05, 3.63) is 35.4 Å². The number of rotatable bonds is 5. The molecule has 24 heavy (non-hydrogen) atoms. The second kappa shape index (κ2) is 8.64. The molecule has 1 amide bonds. The van der Waals surface area contributed by atoms with Crippen molar-refractivity contribution in [3.63, 3.8) is 0 Å². The predicted molar refractivity (Wildman–Crippen MR) is 84.9 cm³/mol. The van der Waals surface area contributed by atoms with E-state index in [9.17, 15) is 22.4 Å². The Bertz CT molecular complexity index is 534. The molecule has 0 aliphatic carbocycles. The van der Waals surface area contributed by atoms with Crippen LogP contribution in [-0.4, -0.2) is 60.8 Å². The Morgan fingerprint density at radius 1 is 1.12 bits per heavy atom. The Morgan fingerprint density at radius 2 is 1.67 bits per heavy atom. The fourth-order valence-corrected chi connectivity index (χ4v) is 2.44. The zero-order valence-electron chi connectivity index (χ0n) is 12.9. The summed E-state index contributed by atoms with van der Waals surface area (Å²) >= 11 is 0. The van der Waals surface area contributed by atoms with Crippen LogP contribution in [0.5, 0.6) is 0 Å². The average Bonchev–Trinajstić information content (AvgIpc) is 2.54. The van der Waals surface area contributed by atoms with Crippen molar-refractivity contribution >= 4 is 18.3 Å². The van der Waals surface area contributed by atoms with E-state index >= 15 is 0 Å². The fourth-order valence-electron chi connectivity index (χ4n) is 2.44. The normalized spacial score (nSPS) is 16.2. The first-order chi connectivity index (χ1) is 10.8. The number of alkyl halides is 4. The molecule has 0 saturated carbocycles. The molecule has 0 aromatic heterocycles. The van der Waals surface area contributed by atoms with E-state index in [1.165, 1.54) is 9.80 Å². The minimum Gasteiger partial charge on any atom is -0.336 e. The summed E-state index contributed by atoms with van der Waals surface area (Å²) in [5.41, 5.74) is 6.89. The summed E-state index contributed by atoms with van der Waals surface area (Å²) in [5, 5.41) is 0. The van der Waals surface area contributed by atoms with Gasteiger partial charge in [0, 0.05) is 38.3 Å². The van der Waals surface area contributed by atoms with E-state index in [1.54, 1.807) is 24.3 Å². The van der Waals surface area contributed by atoms with E-state index in [2.05, 4.69) is 0 Å². The number of hydrogen-bond acceptors (Lipinski definition) is 3. The Balaban J connectivity index is 0.00000288. The van der Waals surface area contributed by atoms with Crippen molar-refractivity contribution < 1.29 is 22.4 Å². The molecule has 1 fully saturated rings. The van der Waals surface area contributed by atoms with Crippen LogP contribution in [0.2, 0.25) is 0 Å². The smallest absolute Gasteiger partial charge is 0.319 e. The Hall–Kier alpha value is -1.38. The van der Waals surface area contributed by atoms with Crippen LogP contribution in [0.3, 0.4) is 0 Å². The number of nitrogens with zero attached hydrogens (tertiary/aromatic N) is 2. The molecule has 1 aromatic rings. The molecule has 1 heterocycles. The lowest BCUT2D eigenvalue weighted by molar-refractivity contribution is -0.144. The fraction of sp³-hybridized carbons (Fsp3) is 0.533. The molecular weight excluding hydrogens is 350 g/mol. The summed E-state index contributed by atoms with van der Waals surface area (Å²) in [4.78, 5) is 15.1. The molecule has 2 rings (SSSR count). The molecule has 0 atom stereocenters. The standard InChI is InChI=1S/C15H19F4N3O.ClH/c16-14(17)15(18,19)10-21-5-7-22(8-6-21)13(23)12-3-1-11(9-20)2-4-12;/h1-4,14H,5-10,20H2;1H. The van der Waals surface area contributed by atoms with Crippen LogP contribution in [0, 0.1) is 0 Å². The maximum absolute atomic E-state index is 13.0. The number of benzene rings is 1. The number of piperazine rings is 1. The molecule has 1 saturated heterocycles. The molecule has 2 N–H and O–H groups in total. The zero-order valence-corrected chi connectivity index (χ0v) is 13.7. The Kier molecular flexibility index (Phi) is 7.44. The molecule has 1 aromatic carbocycles. The average molecular weight is 370 g/mol. The summed E-state index contributed by atoms with van der Waals surface area (Å²) in [6, 6.07) is 6.85. The van der Waals surface area contributed by atoms with E-state index in [1.807, 2.05) is 0 Å². The minimum atomic E-state index is -4.02. The summed E-state index contributed by atoms with van der Waals surface area (Å²) in [5.74, 6) is -4.22. The summed E-state index contributed by atoms with van der Waals surface area (Å²) < 4.78 is 50.5. The van der Waals surface area contributed by atoms with Gasteiger partial charge in [0.05, 0.1) is 6.54 Å². The molecule has 136 valence electrons. The number of carbonyl (C=O) groups is 1. The van der Waals surface area contributed by atoms with Crippen molar-refractivity contribution in [1.82, 2.24) is 9.80 Å². The minimum absolute atomic E-state index is 0. The molecule has 4 nitrogen and oxygen atoms in total. The first kappa shape index (κ1) is 20.7. The van der Waals surface area contributed by atoms with Crippen molar-refractivity contribution in [1.29, 1.82) is 0 Å². The van der Waals surface area contributed by atoms with E-state index in [4.69, 9.17) is 5.73 Å². The Labute approximate surface area is 144 Å². The van der Waals surface area contributed by atoms with Crippen molar-refractivity contribution in [2.24, 2.45) is 5.73 Å². The van der Waals surface area contributed by atoms with Crippen LogP contribution in [0.1, 0.15) is 15.9 Å². The lowest BCUT2D eigenvalue weighted by Crippen LogP contribution is -2.52. The van der Waals surface area contributed by atoms with Gasteiger partial charge in [0.15, 0.2) is 0 Å². The molecule has 0 unspecified atom stereocenters. The topological polar surface area (TPSA) is 49.6 Å². The number of hydrogen-bond donors (Lipinski definition) is 1. The van der Waals surface area contributed by atoms with E-state index in [-0.39, 0.29) is 44.5 Å². The summed E-state index contributed by atoms with van der Waals surface area (Å²) in [7, 11) is 0. The van der Waals surface area contributed by atoms with Crippen molar-refractivity contribution in [2.75, 3.05) is 32.7 Å². The number of amides is 1. The maximum Gasteiger partial charge on any atom is 0.319 e. The van der Waals surface area contributed by atoms with Crippen LogP contribution in [0.15, 0.2) is 24.3 Å². The van der Waals surface area contributed by atoms with Crippen LogP contribution in [0.4, 0.5) is 17.6 Å². The van der Waals surface area contributed by atoms with Gasteiger partial charge < -0.3 is 10.6 Å². The van der Waals surface area contributed by atoms with Crippen LogP contribution in [-0.2, 0) is 6.54 Å². The molecule has 0 spiro atoms. The van der Waals surface area contributed by atoms with Gasteiger partial charge in [0.1, 0.15) is 0 Å². The lowest BCUT2D eigenvalue weighted by Gasteiger charge is -2.36. The highest BCUT2D eigenvalue weighted by atomic mass is 35.5. The number of halogens is 5. The predicted octanol–water partition coefficient (Wildman–Crippen LogP) is 2.23. The third kappa shape index (κ3) is 5.06. The van der Waals surface area contributed by atoms with Gasteiger partial charge in [-0.2, -0.15) is 8.78 Å². The summed E-state index contributed by atoms with van der Waals surface area (Å²) in [6.45, 7) is 0.154. The van der Waals surface area contributed by atoms with Gasteiger partial charge >= 0.3 is 12.3 Å². The lowest BCUT2D eigenvalue weighted by atomic mass is 10.1. The SMILES string of the molecule is Cl.NCc1ccc(C(=O)N2CCN(CC(F)(F)C(F)F)CC2)cc1. The second-order valence-electron chi connectivity index (χ2n) is 5.53. The quantitative estimate of drug-likeness (QED) is 0.810. The van der Waals surface area contributed by atoms with E-state index in [0.717, 1.165) is 5.56 Å². The van der Waals surface area contributed by atoms with Gasteiger partial charge in [-0.1, -0.05) is 12.1 Å². The van der Waals surface area contributed by atoms with Gasteiger partial charge in [-0.25, -0.2) is 8.78 Å². The van der Waals surface area contributed by atoms with E-state index in [0.29, 0.717) is 12.1 Å². The third-order valence-electron chi connectivity index (χ3n) is 3.85. The van der Waals surface area contributed by atoms with Crippen molar-refractivity contribution in [2.45, 2.75) is 18.9 Å². The molecule has 0 bridgehead atoms.